The van der Waals surface area contributed by atoms with Gasteiger partial charge in [-0.2, -0.15) is 0 Å². The molecule has 142 valence electrons. The molecule has 2 aliphatic rings. The molecule has 0 bridgehead atoms. The number of amides is 1. The average Bonchev–Trinajstić information content (AvgIpc) is 3.27. The predicted octanol–water partition coefficient (Wildman–Crippen LogP) is 2.44. The first-order valence-corrected chi connectivity index (χ1v) is 9.65. The third-order valence-electron chi connectivity index (χ3n) is 5.44. The predicted molar refractivity (Wildman–Crippen MR) is 96.8 cm³/mol. The number of rotatable bonds is 4. The third-order valence-corrected chi connectivity index (χ3v) is 6.38. The van der Waals surface area contributed by atoms with E-state index in [9.17, 15) is 19.1 Å². The second-order valence-corrected chi connectivity index (χ2v) is 7.95. The molecule has 3 heterocycles. The highest BCUT2D eigenvalue weighted by atomic mass is 32.1. The number of thiazole rings is 1. The van der Waals surface area contributed by atoms with Crippen molar-refractivity contribution in [1.82, 2.24) is 9.88 Å². The van der Waals surface area contributed by atoms with E-state index in [1.807, 2.05) is 0 Å². The van der Waals surface area contributed by atoms with Crippen LogP contribution in [-0.2, 0) is 20.7 Å². The summed E-state index contributed by atoms with van der Waals surface area (Å²) >= 11 is 1.36. The Morgan fingerprint density at radius 3 is 3.04 bits per heavy atom. The Hall–Kier alpha value is -2.32. The number of benzene rings is 1. The second-order valence-electron chi connectivity index (χ2n) is 7.09. The van der Waals surface area contributed by atoms with Gasteiger partial charge in [-0.15, -0.1) is 11.3 Å². The lowest BCUT2D eigenvalue weighted by atomic mass is 9.74. The van der Waals surface area contributed by atoms with Gasteiger partial charge < -0.3 is 14.7 Å². The maximum Gasteiger partial charge on any atom is 0.311 e. The minimum absolute atomic E-state index is 0.106. The molecule has 0 radical (unpaired) electrons. The second kappa shape index (κ2) is 7.01. The Morgan fingerprint density at radius 1 is 1.44 bits per heavy atom. The Kier molecular flexibility index (Phi) is 4.69. The van der Waals surface area contributed by atoms with Crippen molar-refractivity contribution >= 4 is 23.2 Å². The third kappa shape index (κ3) is 3.35. The zero-order chi connectivity index (χ0) is 19.0. The molecule has 2 aromatic rings. The number of carbonyl (C=O) groups excluding carboxylic acids is 1. The lowest BCUT2D eigenvalue weighted by molar-refractivity contribution is -0.157. The minimum Gasteiger partial charge on any atom is -0.481 e. The molecule has 2 fully saturated rings. The van der Waals surface area contributed by atoms with Gasteiger partial charge in [0.2, 0.25) is 5.91 Å². The lowest BCUT2D eigenvalue weighted by Crippen LogP contribution is -2.45. The number of hydrogen-bond donors (Lipinski definition) is 1. The first-order chi connectivity index (χ1) is 13.0. The molecule has 27 heavy (non-hydrogen) atoms. The fraction of sp³-hybridized carbons (Fsp3) is 0.421. The number of carboxylic acid groups (broad SMARTS) is 1. The zero-order valence-electron chi connectivity index (χ0n) is 14.6. The van der Waals surface area contributed by atoms with Gasteiger partial charge in [-0.3, -0.25) is 9.59 Å². The number of aromatic nitrogens is 1. The van der Waals surface area contributed by atoms with E-state index in [2.05, 4.69) is 4.98 Å². The van der Waals surface area contributed by atoms with Crippen LogP contribution in [0.3, 0.4) is 0 Å². The fourth-order valence-electron chi connectivity index (χ4n) is 3.90. The molecule has 6 nitrogen and oxygen atoms in total. The van der Waals surface area contributed by atoms with Crippen molar-refractivity contribution in [2.45, 2.75) is 12.8 Å². The van der Waals surface area contributed by atoms with Gasteiger partial charge >= 0.3 is 5.97 Å². The maximum absolute atomic E-state index is 13.4. The van der Waals surface area contributed by atoms with Gasteiger partial charge in [0, 0.05) is 36.6 Å². The van der Waals surface area contributed by atoms with Crippen molar-refractivity contribution in [3.63, 3.8) is 0 Å². The standard InChI is InChI=1S/C19H19FN2O4S/c20-14-3-1-2-12(6-14)17-21-15(10-27-17)7-16(23)22-8-13-9-26-5-4-19(13,11-22)18(24)25/h1-3,6,10,13H,4-5,7-9,11H2,(H,24,25)/t13-,19+/m0/s1. The number of fused-ring (bicyclic) bond motifs is 1. The first-order valence-electron chi connectivity index (χ1n) is 8.77. The fourth-order valence-corrected chi connectivity index (χ4v) is 4.72. The quantitative estimate of drug-likeness (QED) is 0.867. The van der Waals surface area contributed by atoms with Crippen LogP contribution in [0, 0.1) is 17.2 Å². The van der Waals surface area contributed by atoms with Crippen molar-refractivity contribution < 1.29 is 23.8 Å². The Morgan fingerprint density at radius 2 is 2.30 bits per heavy atom. The molecule has 4 rings (SSSR count). The number of likely N-dealkylation sites (tertiary alicyclic amines) is 1. The number of halogens is 1. The highest BCUT2D eigenvalue weighted by Gasteiger charge is 2.54. The van der Waals surface area contributed by atoms with Crippen LogP contribution in [0.4, 0.5) is 4.39 Å². The summed E-state index contributed by atoms with van der Waals surface area (Å²) in [4.78, 5) is 30.6. The molecule has 0 unspecified atom stereocenters. The van der Waals surface area contributed by atoms with Crippen LogP contribution in [0.1, 0.15) is 12.1 Å². The minimum atomic E-state index is -0.900. The van der Waals surface area contributed by atoms with Crippen LogP contribution >= 0.6 is 11.3 Å². The average molecular weight is 390 g/mol. The SMILES string of the molecule is O=C(Cc1csc(-c2cccc(F)c2)n1)N1C[C@H]2COCC[C@@]2(C(=O)O)C1. The Labute approximate surface area is 159 Å². The summed E-state index contributed by atoms with van der Waals surface area (Å²) < 4.78 is 18.8. The van der Waals surface area contributed by atoms with Crippen molar-refractivity contribution in [3.8, 4) is 10.6 Å². The molecule has 2 saturated heterocycles. The number of carboxylic acids is 1. The van der Waals surface area contributed by atoms with Gasteiger partial charge in [0.15, 0.2) is 0 Å². The summed E-state index contributed by atoms with van der Waals surface area (Å²) in [5, 5.41) is 12.1. The molecular formula is C19H19FN2O4S. The summed E-state index contributed by atoms with van der Waals surface area (Å²) in [7, 11) is 0. The van der Waals surface area contributed by atoms with Crippen LogP contribution in [0.25, 0.3) is 10.6 Å². The van der Waals surface area contributed by atoms with Crippen LogP contribution in [0.2, 0.25) is 0 Å². The van der Waals surface area contributed by atoms with Crippen LogP contribution in [0.5, 0.6) is 0 Å². The summed E-state index contributed by atoms with van der Waals surface area (Å²) in [6.45, 7) is 1.40. The van der Waals surface area contributed by atoms with E-state index >= 15 is 0 Å². The summed E-state index contributed by atoms with van der Waals surface area (Å²) in [5.41, 5.74) is 0.385. The van der Waals surface area contributed by atoms with E-state index in [0.29, 0.717) is 42.4 Å². The molecule has 2 atom stereocenters. The van der Waals surface area contributed by atoms with E-state index in [1.165, 1.54) is 23.5 Å². The van der Waals surface area contributed by atoms with E-state index in [4.69, 9.17) is 4.74 Å². The number of aliphatic carboxylic acids is 1. The van der Waals surface area contributed by atoms with E-state index in [0.717, 1.165) is 0 Å². The summed E-state index contributed by atoms with van der Waals surface area (Å²) in [6.07, 6.45) is 0.534. The molecule has 1 N–H and O–H groups in total. The molecule has 0 spiro atoms. The molecule has 0 saturated carbocycles. The van der Waals surface area contributed by atoms with Crippen LogP contribution in [0.15, 0.2) is 29.6 Å². The summed E-state index contributed by atoms with van der Waals surface area (Å²) in [6, 6.07) is 6.17. The van der Waals surface area contributed by atoms with Crippen LogP contribution in [-0.4, -0.2) is 53.2 Å². The van der Waals surface area contributed by atoms with E-state index in [-0.39, 0.29) is 30.6 Å². The van der Waals surface area contributed by atoms with Gasteiger partial charge in [-0.1, -0.05) is 12.1 Å². The monoisotopic (exact) mass is 390 g/mol. The number of ether oxygens (including phenoxy) is 1. The van der Waals surface area contributed by atoms with E-state index < -0.39 is 11.4 Å². The molecule has 2 aliphatic heterocycles. The summed E-state index contributed by atoms with van der Waals surface area (Å²) in [5.74, 6) is -1.50. The van der Waals surface area contributed by atoms with Gasteiger partial charge in [0.25, 0.3) is 0 Å². The van der Waals surface area contributed by atoms with E-state index in [1.54, 1.807) is 22.4 Å². The Balaban J connectivity index is 1.46. The molecule has 0 aliphatic carbocycles. The molecular weight excluding hydrogens is 371 g/mol. The maximum atomic E-state index is 13.4. The molecule has 1 aromatic carbocycles. The van der Waals surface area contributed by atoms with Gasteiger partial charge in [0.1, 0.15) is 10.8 Å². The highest BCUT2D eigenvalue weighted by Crippen LogP contribution is 2.42. The number of carbonyl (C=O) groups is 2. The molecule has 1 amide bonds. The smallest absolute Gasteiger partial charge is 0.311 e. The van der Waals surface area contributed by atoms with Crippen molar-refractivity contribution in [1.29, 1.82) is 0 Å². The largest absolute Gasteiger partial charge is 0.481 e. The number of hydrogen-bond acceptors (Lipinski definition) is 5. The highest BCUT2D eigenvalue weighted by molar-refractivity contribution is 7.13. The van der Waals surface area contributed by atoms with Crippen molar-refractivity contribution in [2.75, 3.05) is 26.3 Å². The topological polar surface area (TPSA) is 79.7 Å². The number of nitrogens with zero attached hydrogens (tertiary/aromatic N) is 2. The van der Waals surface area contributed by atoms with Crippen molar-refractivity contribution in [3.05, 3.63) is 41.2 Å². The van der Waals surface area contributed by atoms with Gasteiger partial charge in [-0.05, 0) is 18.6 Å². The lowest BCUT2D eigenvalue weighted by Gasteiger charge is -2.33. The zero-order valence-corrected chi connectivity index (χ0v) is 15.4. The molecule has 8 heteroatoms. The van der Waals surface area contributed by atoms with Crippen LogP contribution < -0.4 is 0 Å². The van der Waals surface area contributed by atoms with Gasteiger partial charge in [0.05, 0.1) is 24.1 Å². The van der Waals surface area contributed by atoms with Crippen molar-refractivity contribution in [2.24, 2.45) is 11.3 Å². The normalized spacial score (nSPS) is 24.6. The Bertz CT molecular complexity index is 886. The first kappa shape index (κ1) is 18.1. The molecule has 1 aromatic heterocycles. The van der Waals surface area contributed by atoms with Gasteiger partial charge in [-0.25, -0.2) is 9.37 Å².